The van der Waals surface area contributed by atoms with Gasteiger partial charge in [0.1, 0.15) is 16.9 Å². The molecular formula is C24H29F2N5O5S. The zero-order valence-corrected chi connectivity index (χ0v) is 22.0. The van der Waals surface area contributed by atoms with E-state index in [2.05, 4.69) is 14.3 Å². The highest BCUT2D eigenvalue weighted by atomic mass is 32.1. The van der Waals surface area contributed by atoms with E-state index in [1.54, 1.807) is 11.0 Å². The average Bonchev–Trinajstić information content (AvgIpc) is 3.50. The quantitative estimate of drug-likeness (QED) is 0.496. The van der Waals surface area contributed by atoms with Crippen molar-refractivity contribution < 1.29 is 32.6 Å². The topological polar surface area (TPSA) is 114 Å². The molecule has 0 saturated carbocycles. The van der Waals surface area contributed by atoms with E-state index in [4.69, 9.17) is 13.9 Å². The second-order valence-electron chi connectivity index (χ2n) is 10.9. The molecule has 2 saturated heterocycles. The Kier molecular flexibility index (Phi) is 6.06. The molecule has 0 radical (unpaired) electrons. The van der Waals surface area contributed by atoms with Gasteiger partial charge in [0.25, 0.3) is 6.01 Å². The number of hydrogen-bond donors (Lipinski definition) is 1. The summed E-state index contributed by atoms with van der Waals surface area (Å²) in [5.74, 6) is -0.235. The highest BCUT2D eigenvalue weighted by Crippen LogP contribution is 2.42. The second-order valence-corrected chi connectivity index (χ2v) is 11.7. The van der Waals surface area contributed by atoms with Crippen molar-refractivity contribution >= 4 is 34.7 Å². The summed E-state index contributed by atoms with van der Waals surface area (Å²) in [7, 11) is 0. The average molecular weight is 538 g/mol. The Bertz CT molecular complexity index is 1290. The molecule has 2 fully saturated rings. The van der Waals surface area contributed by atoms with Crippen LogP contribution in [-0.4, -0.2) is 72.9 Å². The van der Waals surface area contributed by atoms with Crippen LogP contribution in [0.25, 0.3) is 21.7 Å². The van der Waals surface area contributed by atoms with E-state index >= 15 is 0 Å². The van der Waals surface area contributed by atoms with Gasteiger partial charge < -0.3 is 23.9 Å². The molecule has 1 aromatic carbocycles. The number of fused-ring (bicyclic) bond motifs is 3. The van der Waals surface area contributed by atoms with Crippen LogP contribution in [0.4, 0.5) is 19.6 Å². The summed E-state index contributed by atoms with van der Waals surface area (Å²) >= 11 is 1.13. The monoisotopic (exact) mass is 537 g/mol. The molecule has 5 rings (SSSR count). The largest absolute Gasteiger partial charge is 0.444 e. The van der Waals surface area contributed by atoms with Crippen molar-refractivity contribution in [1.82, 2.24) is 19.2 Å². The Morgan fingerprint density at radius 2 is 1.84 bits per heavy atom. The van der Waals surface area contributed by atoms with Crippen LogP contribution in [0, 0.1) is 0 Å². The van der Waals surface area contributed by atoms with E-state index in [-0.39, 0.29) is 41.0 Å². The van der Waals surface area contributed by atoms with E-state index in [0.29, 0.717) is 23.7 Å². The van der Waals surface area contributed by atoms with Crippen molar-refractivity contribution in [2.45, 2.75) is 76.9 Å². The molecule has 37 heavy (non-hydrogen) atoms. The van der Waals surface area contributed by atoms with Gasteiger partial charge in [-0.05, 0) is 71.1 Å². The number of carbonyl (C=O) groups excluding carboxylic acids is 1. The molecule has 10 nitrogen and oxygen atoms in total. The van der Waals surface area contributed by atoms with Gasteiger partial charge in [-0.3, -0.25) is 4.90 Å². The number of halogens is 2. The smallest absolute Gasteiger partial charge is 0.426 e. The number of ether oxygens (including phenoxy) is 2. The first-order valence-corrected chi connectivity index (χ1v) is 12.8. The van der Waals surface area contributed by atoms with Gasteiger partial charge in [-0.1, -0.05) is 0 Å². The highest BCUT2D eigenvalue weighted by Gasteiger charge is 2.49. The summed E-state index contributed by atoms with van der Waals surface area (Å²) < 4.78 is 50.0. The lowest BCUT2D eigenvalue weighted by atomic mass is 10.1. The molecule has 1 amide bonds. The molecule has 13 heteroatoms. The summed E-state index contributed by atoms with van der Waals surface area (Å²) in [5, 5.41) is 10.4. The van der Waals surface area contributed by atoms with Gasteiger partial charge in [-0.2, -0.15) is 18.1 Å². The predicted octanol–water partition coefficient (Wildman–Crippen LogP) is 4.68. The number of amides is 1. The number of aromatic nitrogens is 3. The fourth-order valence-electron chi connectivity index (χ4n) is 4.58. The van der Waals surface area contributed by atoms with E-state index in [9.17, 15) is 18.7 Å². The summed E-state index contributed by atoms with van der Waals surface area (Å²) in [6.07, 6.45) is -1.23. The first-order valence-electron chi connectivity index (χ1n) is 12.0. The number of anilines is 1. The minimum absolute atomic E-state index is 0.0774. The Hall–Kier alpha value is -3.06. The summed E-state index contributed by atoms with van der Waals surface area (Å²) in [5.41, 5.74) is -2.20. The Labute approximate surface area is 216 Å². The summed E-state index contributed by atoms with van der Waals surface area (Å²) in [6, 6.07) is 2.94. The van der Waals surface area contributed by atoms with Crippen LogP contribution in [0.1, 0.15) is 47.5 Å². The molecular weight excluding hydrogens is 508 g/mol. The van der Waals surface area contributed by atoms with E-state index in [1.807, 2.05) is 25.7 Å². The van der Waals surface area contributed by atoms with Crippen LogP contribution in [-0.2, 0) is 4.74 Å². The van der Waals surface area contributed by atoms with E-state index in [0.717, 1.165) is 38.2 Å². The van der Waals surface area contributed by atoms with Crippen LogP contribution in [0.3, 0.4) is 0 Å². The molecule has 2 aliphatic heterocycles. The maximum Gasteiger partial charge on any atom is 0.426 e. The van der Waals surface area contributed by atoms with Crippen molar-refractivity contribution in [3.8, 4) is 16.3 Å². The summed E-state index contributed by atoms with van der Waals surface area (Å²) in [6.45, 7) is 8.33. The maximum absolute atomic E-state index is 14.6. The van der Waals surface area contributed by atoms with Crippen LogP contribution in [0.5, 0.6) is 5.75 Å². The molecule has 2 unspecified atom stereocenters. The Balaban J connectivity index is 1.49. The molecule has 3 aromatic rings. The Morgan fingerprint density at radius 1 is 1.16 bits per heavy atom. The maximum atomic E-state index is 14.6. The molecule has 0 aliphatic carbocycles. The molecule has 0 spiro atoms. The van der Waals surface area contributed by atoms with Gasteiger partial charge in [-0.15, -0.1) is 0 Å². The van der Waals surface area contributed by atoms with Gasteiger partial charge in [0, 0.05) is 13.1 Å². The van der Waals surface area contributed by atoms with Crippen LogP contribution < -0.4 is 9.64 Å². The third-order valence-electron chi connectivity index (χ3n) is 6.39. The zero-order valence-electron chi connectivity index (χ0n) is 21.2. The number of nitrogens with zero attached hydrogens (tertiary/aromatic N) is 5. The molecule has 2 atom stereocenters. The van der Waals surface area contributed by atoms with Crippen LogP contribution in [0.2, 0.25) is 0 Å². The fourth-order valence-corrected chi connectivity index (χ4v) is 5.13. The lowest BCUT2D eigenvalue weighted by Crippen LogP contribution is -2.56. The van der Waals surface area contributed by atoms with Crippen LogP contribution >= 0.6 is 11.5 Å². The fraction of sp³-hybridized carbons (Fsp3) is 0.583. The summed E-state index contributed by atoms with van der Waals surface area (Å²) in [4.78, 5) is 25.3. The lowest BCUT2D eigenvalue weighted by Gasteiger charge is -2.40. The number of benzene rings is 1. The van der Waals surface area contributed by atoms with Crippen molar-refractivity contribution in [2.75, 3.05) is 18.0 Å². The SMILES string of the molecule is CC(C)(C)OC(=O)N1C2CCC1CN(c1nc3c(OC(F)(F)C(C)(C)O)ccc(-c4ncns4)c3o1)C2. The normalized spacial score (nSPS) is 20.5. The standard InChI is InChI=1S/C24H29F2N5O5S/c1-22(2,3)36-21(32)31-13-6-7-14(31)11-30(10-13)20-29-17-16(35-24(25,26)23(4,5)33)9-8-15(18(17)34-20)19-27-12-28-37-19/h8-9,12-14,33H,6-7,10-11H2,1-5H3. The predicted molar refractivity (Wildman–Crippen MR) is 132 cm³/mol. The van der Waals surface area contributed by atoms with Gasteiger partial charge in [0.2, 0.25) is 0 Å². The van der Waals surface area contributed by atoms with Gasteiger partial charge in [0.05, 0.1) is 17.6 Å². The molecule has 2 aliphatic rings. The second kappa shape index (κ2) is 8.76. The van der Waals surface area contributed by atoms with Gasteiger partial charge in [0.15, 0.2) is 22.5 Å². The van der Waals surface area contributed by atoms with Crippen LogP contribution in [0.15, 0.2) is 22.9 Å². The first-order chi connectivity index (χ1) is 17.2. The third-order valence-corrected chi connectivity index (χ3v) is 7.09. The number of hydrogen-bond acceptors (Lipinski definition) is 10. The third kappa shape index (κ3) is 4.81. The van der Waals surface area contributed by atoms with Crippen molar-refractivity contribution in [3.05, 3.63) is 18.5 Å². The number of aliphatic hydroxyl groups is 1. The number of piperazine rings is 1. The van der Waals surface area contributed by atoms with Gasteiger partial charge >= 0.3 is 12.2 Å². The minimum atomic E-state index is -3.89. The zero-order chi connectivity index (χ0) is 26.8. The first kappa shape index (κ1) is 25.6. The number of rotatable bonds is 5. The molecule has 2 bridgehead atoms. The van der Waals surface area contributed by atoms with Gasteiger partial charge in [-0.25, -0.2) is 9.78 Å². The van der Waals surface area contributed by atoms with E-state index in [1.165, 1.54) is 12.4 Å². The number of carbonyl (C=O) groups is 1. The van der Waals surface area contributed by atoms with Crippen molar-refractivity contribution in [1.29, 1.82) is 0 Å². The number of alkyl halides is 2. The van der Waals surface area contributed by atoms with Crippen molar-refractivity contribution in [2.24, 2.45) is 0 Å². The highest BCUT2D eigenvalue weighted by molar-refractivity contribution is 7.09. The lowest BCUT2D eigenvalue weighted by molar-refractivity contribution is -0.275. The molecule has 4 heterocycles. The molecule has 1 N–H and O–H groups in total. The van der Waals surface area contributed by atoms with Crippen molar-refractivity contribution in [3.63, 3.8) is 0 Å². The molecule has 2 aromatic heterocycles. The Morgan fingerprint density at radius 3 is 2.41 bits per heavy atom. The number of oxazole rings is 1. The molecule has 200 valence electrons. The van der Waals surface area contributed by atoms with E-state index < -0.39 is 17.3 Å². The minimum Gasteiger partial charge on any atom is -0.444 e.